The molecule has 0 bridgehead atoms. The first-order valence-corrected chi connectivity index (χ1v) is 8.77. The van der Waals surface area contributed by atoms with Crippen LogP contribution in [-0.2, 0) is 10.0 Å². The van der Waals surface area contributed by atoms with E-state index in [0.717, 1.165) is 24.8 Å². The molecule has 1 aliphatic rings. The number of carbonyl (C=O) groups is 1. The molecule has 1 aliphatic heterocycles. The molecular weight excluding hydrogens is 292 g/mol. The number of amides is 1. The lowest BCUT2D eigenvalue weighted by molar-refractivity contribution is 0.0670. The van der Waals surface area contributed by atoms with Crippen LogP contribution in [0.5, 0.6) is 0 Å². The number of piperidine rings is 1. The molecule has 1 aromatic rings. The van der Waals surface area contributed by atoms with Crippen LogP contribution in [0.2, 0.25) is 0 Å². The molecule has 0 spiro atoms. The molecule has 1 N–H and O–H groups in total. The maximum Gasteiger partial charge on any atom is 0.274 e. The molecule has 1 amide bonds. The average Bonchev–Trinajstić information content (AvgIpc) is 2.45. The van der Waals surface area contributed by atoms with Crippen molar-refractivity contribution in [3.05, 3.63) is 23.8 Å². The van der Waals surface area contributed by atoms with Gasteiger partial charge in [0.25, 0.3) is 5.91 Å². The molecule has 0 radical (unpaired) electrons. The number of likely N-dealkylation sites (tertiary alicyclic amines) is 1. The summed E-state index contributed by atoms with van der Waals surface area (Å²) < 4.78 is 24.8. The van der Waals surface area contributed by atoms with Gasteiger partial charge in [-0.05, 0) is 25.7 Å². The number of aryl methyl sites for hydroxylation is 1. The smallest absolute Gasteiger partial charge is 0.274 e. The molecule has 1 atom stereocenters. The maximum atomic E-state index is 12.3. The summed E-state index contributed by atoms with van der Waals surface area (Å²) in [5.74, 6) is -0.0117. The van der Waals surface area contributed by atoms with E-state index in [4.69, 9.17) is 0 Å². The zero-order valence-electron chi connectivity index (χ0n) is 12.2. The second-order valence-corrected chi connectivity index (χ2v) is 7.26. The van der Waals surface area contributed by atoms with E-state index >= 15 is 0 Å². The lowest BCUT2D eigenvalue weighted by Gasteiger charge is -2.32. The monoisotopic (exact) mass is 312 g/mol. The molecule has 0 aliphatic carbocycles. The molecule has 2 rings (SSSR count). The van der Waals surface area contributed by atoms with Gasteiger partial charge in [-0.15, -0.1) is 0 Å². The fourth-order valence-electron chi connectivity index (χ4n) is 2.35. The van der Waals surface area contributed by atoms with Crippen LogP contribution >= 0.6 is 0 Å². The van der Waals surface area contributed by atoms with E-state index in [9.17, 15) is 13.2 Å². The van der Waals surface area contributed by atoms with Crippen LogP contribution in [-0.4, -0.2) is 55.1 Å². The molecule has 1 aromatic heterocycles. The third-order valence-corrected chi connectivity index (χ3v) is 4.13. The van der Waals surface area contributed by atoms with Crippen molar-refractivity contribution in [2.75, 3.05) is 25.9 Å². The SMILES string of the molecule is Cc1cnc(C(=O)N2CCCC(CNS(C)(=O)=O)C2)cn1. The van der Waals surface area contributed by atoms with Gasteiger partial charge in [-0.1, -0.05) is 0 Å². The topological polar surface area (TPSA) is 92.3 Å². The van der Waals surface area contributed by atoms with Crippen LogP contribution in [0, 0.1) is 12.8 Å². The van der Waals surface area contributed by atoms with Crippen molar-refractivity contribution in [3.63, 3.8) is 0 Å². The number of nitrogens with zero attached hydrogens (tertiary/aromatic N) is 3. The summed E-state index contributed by atoms with van der Waals surface area (Å²) >= 11 is 0. The normalized spacial score (nSPS) is 19.5. The van der Waals surface area contributed by atoms with Gasteiger partial charge < -0.3 is 4.90 Å². The van der Waals surface area contributed by atoms with E-state index in [-0.39, 0.29) is 11.8 Å². The Morgan fingerprint density at radius 3 is 2.81 bits per heavy atom. The second-order valence-electron chi connectivity index (χ2n) is 5.42. The Bertz CT molecular complexity index is 600. The Morgan fingerprint density at radius 2 is 2.19 bits per heavy atom. The zero-order valence-corrected chi connectivity index (χ0v) is 13.1. The summed E-state index contributed by atoms with van der Waals surface area (Å²) in [6, 6.07) is 0. The number of sulfonamides is 1. The van der Waals surface area contributed by atoms with Gasteiger partial charge in [-0.2, -0.15) is 0 Å². The molecule has 0 saturated carbocycles. The Morgan fingerprint density at radius 1 is 1.43 bits per heavy atom. The van der Waals surface area contributed by atoms with E-state index in [0.29, 0.717) is 25.3 Å². The first kappa shape index (κ1) is 15.8. The van der Waals surface area contributed by atoms with E-state index < -0.39 is 10.0 Å². The van der Waals surface area contributed by atoms with Crippen LogP contribution in [0.4, 0.5) is 0 Å². The molecule has 1 fully saturated rings. The summed E-state index contributed by atoms with van der Waals surface area (Å²) in [5, 5.41) is 0. The molecule has 21 heavy (non-hydrogen) atoms. The summed E-state index contributed by atoms with van der Waals surface area (Å²) in [6.07, 6.45) is 5.96. The van der Waals surface area contributed by atoms with Crippen molar-refractivity contribution >= 4 is 15.9 Å². The third kappa shape index (κ3) is 4.75. The third-order valence-electron chi connectivity index (χ3n) is 3.44. The predicted octanol–water partition coefficient (Wildman–Crippen LogP) is 0.186. The fraction of sp³-hybridized carbons (Fsp3) is 0.615. The molecular formula is C13H20N4O3S. The van der Waals surface area contributed by atoms with Gasteiger partial charge in [0.2, 0.25) is 10.0 Å². The summed E-state index contributed by atoms with van der Waals surface area (Å²) in [6.45, 7) is 3.39. The minimum absolute atomic E-state index is 0.135. The number of aromatic nitrogens is 2. The highest BCUT2D eigenvalue weighted by Gasteiger charge is 2.25. The Kier molecular flexibility index (Phi) is 4.89. The Labute approximate surface area is 124 Å². The molecule has 116 valence electrons. The molecule has 2 heterocycles. The molecule has 0 aromatic carbocycles. The van der Waals surface area contributed by atoms with E-state index in [2.05, 4.69) is 14.7 Å². The van der Waals surface area contributed by atoms with Crippen LogP contribution in [0.3, 0.4) is 0 Å². The largest absolute Gasteiger partial charge is 0.337 e. The van der Waals surface area contributed by atoms with Gasteiger partial charge in [0.05, 0.1) is 18.1 Å². The van der Waals surface area contributed by atoms with Crippen LogP contribution < -0.4 is 4.72 Å². The standard InChI is InChI=1S/C13H20N4O3S/c1-10-6-15-12(8-14-10)13(18)17-5-3-4-11(9-17)7-16-21(2,19)20/h6,8,11,16H,3-5,7,9H2,1-2H3. The van der Waals surface area contributed by atoms with Gasteiger partial charge in [0, 0.05) is 25.8 Å². The Balaban J connectivity index is 1.97. The first-order valence-electron chi connectivity index (χ1n) is 6.88. The lowest BCUT2D eigenvalue weighted by Crippen LogP contribution is -2.43. The van der Waals surface area contributed by atoms with Crippen molar-refractivity contribution in [1.82, 2.24) is 19.6 Å². The van der Waals surface area contributed by atoms with Crippen molar-refractivity contribution < 1.29 is 13.2 Å². The highest BCUT2D eigenvalue weighted by atomic mass is 32.2. The minimum Gasteiger partial charge on any atom is -0.337 e. The number of rotatable bonds is 4. The van der Waals surface area contributed by atoms with Gasteiger partial charge >= 0.3 is 0 Å². The molecule has 8 heteroatoms. The van der Waals surface area contributed by atoms with Crippen molar-refractivity contribution in [2.24, 2.45) is 5.92 Å². The van der Waals surface area contributed by atoms with Crippen molar-refractivity contribution in [2.45, 2.75) is 19.8 Å². The molecule has 1 saturated heterocycles. The molecule has 1 unspecified atom stereocenters. The van der Waals surface area contributed by atoms with Gasteiger partial charge in [0.15, 0.2) is 0 Å². The van der Waals surface area contributed by atoms with Gasteiger partial charge in [-0.3, -0.25) is 9.78 Å². The highest BCUT2D eigenvalue weighted by Crippen LogP contribution is 2.17. The number of hydrogen-bond acceptors (Lipinski definition) is 5. The lowest BCUT2D eigenvalue weighted by atomic mass is 9.98. The van der Waals surface area contributed by atoms with Gasteiger partial charge in [0.1, 0.15) is 5.69 Å². The quantitative estimate of drug-likeness (QED) is 0.856. The van der Waals surface area contributed by atoms with Crippen LogP contribution in [0.25, 0.3) is 0 Å². The molecule has 7 nitrogen and oxygen atoms in total. The fourth-order valence-corrected chi connectivity index (χ4v) is 2.89. The van der Waals surface area contributed by atoms with E-state index in [1.165, 1.54) is 6.20 Å². The number of nitrogens with one attached hydrogen (secondary N) is 1. The predicted molar refractivity (Wildman–Crippen MR) is 78.2 cm³/mol. The number of carbonyl (C=O) groups excluding carboxylic acids is 1. The average molecular weight is 312 g/mol. The van der Waals surface area contributed by atoms with Gasteiger partial charge in [-0.25, -0.2) is 18.1 Å². The summed E-state index contributed by atoms with van der Waals surface area (Å²) in [7, 11) is -3.19. The van der Waals surface area contributed by atoms with Crippen molar-refractivity contribution in [1.29, 1.82) is 0 Å². The second kappa shape index (κ2) is 6.48. The zero-order chi connectivity index (χ0) is 15.5. The number of hydrogen-bond donors (Lipinski definition) is 1. The maximum absolute atomic E-state index is 12.3. The van der Waals surface area contributed by atoms with E-state index in [1.807, 2.05) is 6.92 Å². The van der Waals surface area contributed by atoms with Crippen LogP contribution in [0.15, 0.2) is 12.4 Å². The minimum atomic E-state index is -3.19. The summed E-state index contributed by atoms with van der Waals surface area (Å²) in [4.78, 5) is 22.2. The highest BCUT2D eigenvalue weighted by molar-refractivity contribution is 7.88. The first-order chi connectivity index (χ1) is 9.85. The van der Waals surface area contributed by atoms with Crippen molar-refractivity contribution in [3.8, 4) is 0 Å². The Hall–Kier alpha value is -1.54. The van der Waals surface area contributed by atoms with E-state index in [1.54, 1.807) is 11.1 Å². The van der Waals surface area contributed by atoms with Crippen LogP contribution in [0.1, 0.15) is 29.0 Å². The summed E-state index contributed by atoms with van der Waals surface area (Å²) in [5.41, 5.74) is 1.10.